The molecule has 37 heavy (non-hydrogen) atoms. The van der Waals surface area contributed by atoms with Crippen molar-refractivity contribution in [3.63, 3.8) is 0 Å². The summed E-state index contributed by atoms with van der Waals surface area (Å²) in [6.45, 7) is 0.432. The highest BCUT2D eigenvalue weighted by Crippen LogP contribution is 2.40. The largest absolute Gasteiger partial charge is 0.493 e. The summed E-state index contributed by atoms with van der Waals surface area (Å²) < 4.78 is 11.4. The summed E-state index contributed by atoms with van der Waals surface area (Å²) in [4.78, 5) is 18.6. The van der Waals surface area contributed by atoms with E-state index in [0.717, 1.165) is 27.7 Å². The Morgan fingerprint density at radius 3 is 2.46 bits per heavy atom. The highest BCUT2D eigenvalue weighted by Gasteiger charge is 2.35. The molecule has 0 aliphatic carbocycles. The summed E-state index contributed by atoms with van der Waals surface area (Å²) in [5.41, 5.74) is 3.87. The maximum atomic E-state index is 13.4. The van der Waals surface area contributed by atoms with Gasteiger partial charge in [0.1, 0.15) is 17.5 Å². The van der Waals surface area contributed by atoms with Gasteiger partial charge in [-0.1, -0.05) is 35.3 Å². The zero-order valence-corrected chi connectivity index (χ0v) is 21.4. The molecule has 9 heteroatoms. The number of aromatic nitrogens is 1. The van der Waals surface area contributed by atoms with Gasteiger partial charge in [-0.3, -0.25) is 4.90 Å². The second-order valence-corrected chi connectivity index (χ2v) is 9.79. The Morgan fingerprint density at radius 2 is 1.73 bits per heavy atom. The molecule has 3 N–H and O–H groups in total. The quantitative estimate of drug-likeness (QED) is 0.277. The van der Waals surface area contributed by atoms with Crippen molar-refractivity contribution in [3.8, 4) is 11.5 Å². The van der Waals surface area contributed by atoms with Crippen LogP contribution in [0.15, 0.2) is 66.7 Å². The van der Waals surface area contributed by atoms with Crippen LogP contribution >= 0.6 is 23.2 Å². The topological polar surface area (TPSA) is 95.0 Å². The fraction of sp³-hybridized carbons (Fsp3) is 0.250. The number of ether oxygens (including phenoxy) is 2. The number of amides is 1. The minimum Gasteiger partial charge on any atom is -0.493 e. The third kappa shape index (κ3) is 5.55. The van der Waals surface area contributed by atoms with Gasteiger partial charge in [-0.25, -0.2) is 4.79 Å². The first-order valence-electron chi connectivity index (χ1n) is 12.0. The van der Waals surface area contributed by atoms with Crippen molar-refractivity contribution in [2.75, 3.05) is 19.8 Å². The molecule has 2 atom stereocenters. The third-order valence-corrected chi connectivity index (χ3v) is 6.96. The predicted octanol–water partition coefficient (Wildman–Crippen LogP) is 5.74. The van der Waals surface area contributed by atoms with Crippen LogP contribution in [-0.4, -0.2) is 52.1 Å². The molecule has 2 unspecified atom stereocenters. The normalized spacial score (nSPS) is 15.9. The molecule has 1 aromatic heterocycles. The van der Waals surface area contributed by atoms with Crippen molar-refractivity contribution >= 4 is 40.2 Å². The average Bonchev–Trinajstić information content (AvgIpc) is 3.27. The van der Waals surface area contributed by atoms with E-state index in [0.29, 0.717) is 40.9 Å². The van der Waals surface area contributed by atoms with Gasteiger partial charge < -0.3 is 24.7 Å². The number of hydrogen-bond acceptors (Lipinski definition) is 5. The van der Waals surface area contributed by atoms with Crippen molar-refractivity contribution in [3.05, 3.63) is 93.6 Å². The molecule has 3 aromatic carbocycles. The number of carbonyl (C=O) groups excluding carboxylic acids is 1. The molecule has 1 aliphatic heterocycles. The standard InChI is InChI=1S/C28H26Cl2N2O5/c29-18-3-8-22(9-4-18)37-28(35)32-13-11-23-24-15-19(30)5-10-25(24)31-26(23)27(32)17-1-6-21(7-2-17)36-14-12-20(34)16-33/h1-10,15,20,27,31,33-34H,11-14,16H2. The van der Waals surface area contributed by atoms with E-state index in [4.69, 9.17) is 37.8 Å². The average molecular weight is 541 g/mol. The molecule has 4 aromatic rings. The molecular weight excluding hydrogens is 515 g/mol. The monoisotopic (exact) mass is 540 g/mol. The van der Waals surface area contributed by atoms with Crippen molar-refractivity contribution < 1.29 is 24.5 Å². The zero-order chi connectivity index (χ0) is 25.9. The molecule has 1 aliphatic rings. The van der Waals surface area contributed by atoms with Crippen molar-refractivity contribution in [2.24, 2.45) is 0 Å². The lowest BCUT2D eigenvalue weighted by Crippen LogP contribution is -2.42. The molecule has 2 heterocycles. The van der Waals surface area contributed by atoms with Crippen molar-refractivity contribution in [1.82, 2.24) is 9.88 Å². The number of H-pyrrole nitrogens is 1. The number of fused-ring (bicyclic) bond motifs is 3. The lowest BCUT2D eigenvalue weighted by molar-refractivity contribution is 0.0754. The smallest absolute Gasteiger partial charge is 0.416 e. The van der Waals surface area contributed by atoms with E-state index in [1.807, 2.05) is 42.5 Å². The minimum atomic E-state index is -0.810. The number of carbonyl (C=O) groups is 1. The van der Waals surface area contributed by atoms with Gasteiger partial charge in [0.2, 0.25) is 0 Å². The Kier molecular flexibility index (Phi) is 7.58. The van der Waals surface area contributed by atoms with Crippen LogP contribution in [-0.2, 0) is 6.42 Å². The number of hydrogen-bond donors (Lipinski definition) is 3. The molecule has 5 rings (SSSR count). The molecule has 1 amide bonds. The maximum absolute atomic E-state index is 13.4. The highest BCUT2D eigenvalue weighted by atomic mass is 35.5. The van der Waals surface area contributed by atoms with Crippen LogP contribution in [0.5, 0.6) is 11.5 Å². The van der Waals surface area contributed by atoms with E-state index >= 15 is 0 Å². The van der Waals surface area contributed by atoms with Gasteiger partial charge in [-0.15, -0.1) is 0 Å². The van der Waals surface area contributed by atoms with E-state index in [1.54, 1.807) is 29.2 Å². The summed E-state index contributed by atoms with van der Waals surface area (Å²) in [5, 5.41) is 20.8. The molecule has 0 bridgehead atoms. The van der Waals surface area contributed by atoms with Crippen LogP contribution < -0.4 is 9.47 Å². The number of rotatable bonds is 7. The first-order chi connectivity index (χ1) is 17.9. The van der Waals surface area contributed by atoms with Crippen molar-refractivity contribution in [2.45, 2.75) is 25.0 Å². The van der Waals surface area contributed by atoms with Gasteiger partial charge >= 0.3 is 6.09 Å². The van der Waals surface area contributed by atoms with Gasteiger partial charge in [-0.05, 0) is 72.1 Å². The Hall–Kier alpha value is -3.23. The zero-order valence-electron chi connectivity index (χ0n) is 19.9. The number of nitrogens with zero attached hydrogens (tertiary/aromatic N) is 1. The lowest BCUT2D eigenvalue weighted by atomic mass is 9.92. The number of aliphatic hydroxyl groups is 2. The van der Waals surface area contributed by atoms with Crippen LogP contribution in [0.4, 0.5) is 4.79 Å². The van der Waals surface area contributed by atoms with Gasteiger partial charge in [0.15, 0.2) is 0 Å². The molecular formula is C28H26Cl2N2O5. The Balaban J connectivity index is 1.46. The molecule has 0 saturated heterocycles. The van der Waals surface area contributed by atoms with E-state index < -0.39 is 18.2 Å². The van der Waals surface area contributed by atoms with Crippen LogP contribution in [0.25, 0.3) is 10.9 Å². The van der Waals surface area contributed by atoms with Crippen LogP contribution in [0, 0.1) is 0 Å². The SMILES string of the molecule is O=C(Oc1ccc(Cl)cc1)N1CCc2c([nH]c3ccc(Cl)cc23)C1c1ccc(OCCC(O)CO)cc1. The fourth-order valence-corrected chi connectivity index (χ4v) is 4.91. The van der Waals surface area contributed by atoms with Gasteiger partial charge in [0.05, 0.1) is 19.3 Å². The molecule has 0 saturated carbocycles. The van der Waals surface area contributed by atoms with E-state index in [2.05, 4.69) is 4.98 Å². The summed E-state index contributed by atoms with van der Waals surface area (Å²) in [6.07, 6.45) is -0.300. The number of nitrogens with one attached hydrogen (secondary N) is 1. The fourth-order valence-electron chi connectivity index (χ4n) is 4.62. The third-order valence-electron chi connectivity index (χ3n) is 6.47. The first kappa shape index (κ1) is 25.4. The molecule has 0 fully saturated rings. The number of halogens is 2. The number of aromatic amines is 1. The molecule has 0 spiro atoms. The highest BCUT2D eigenvalue weighted by molar-refractivity contribution is 6.31. The van der Waals surface area contributed by atoms with Gasteiger partial charge in [0.25, 0.3) is 0 Å². The molecule has 7 nitrogen and oxygen atoms in total. The lowest BCUT2D eigenvalue weighted by Gasteiger charge is -2.35. The minimum absolute atomic E-state index is 0.275. The molecule has 192 valence electrons. The van der Waals surface area contributed by atoms with Gasteiger partial charge in [0, 0.05) is 39.6 Å². The summed E-state index contributed by atoms with van der Waals surface area (Å²) in [6, 6.07) is 19.5. The van der Waals surface area contributed by atoms with E-state index in [9.17, 15) is 9.90 Å². The van der Waals surface area contributed by atoms with Crippen molar-refractivity contribution in [1.29, 1.82) is 0 Å². The number of benzene rings is 3. The second-order valence-electron chi connectivity index (χ2n) is 8.92. The number of aliphatic hydroxyl groups excluding tert-OH is 2. The Morgan fingerprint density at radius 1 is 1.03 bits per heavy atom. The van der Waals surface area contributed by atoms with Crippen LogP contribution in [0.2, 0.25) is 10.0 Å². The summed E-state index contributed by atoms with van der Waals surface area (Å²) >= 11 is 12.3. The first-order valence-corrected chi connectivity index (χ1v) is 12.7. The van der Waals surface area contributed by atoms with E-state index in [1.165, 1.54) is 0 Å². The Bertz CT molecular complexity index is 1390. The Labute approximate surface area is 224 Å². The summed E-state index contributed by atoms with van der Waals surface area (Å²) in [5.74, 6) is 1.04. The van der Waals surface area contributed by atoms with Gasteiger partial charge in [-0.2, -0.15) is 0 Å². The van der Waals surface area contributed by atoms with Crippen LogP contribution in [0.3, 0.4) is 0 Å². The van der Waals surface area contributed by atoms with Crippen LogP contribution in [0.1, 0.15) is 29.3 Å². The predicted molar refractivity (Wildman–Crippen MR) is 143 cm³/mol. The van der Waals surface area contributed by atoms with E-state index in [-0.39, 0.29) is 13.2 Å². The maximum Gasteiger partial charge on any atom is 0.416 e. The molecule has 0 radical (unpaired) electrons. The second kappa shape index (κ2) is 11.0. The summed E-state index contributed by atoms with van der Waals surface area (Å²) in [7, 11) is 0.